The molecular weight excluding hydrogens is 402 g/mol. The maximum atomic E-state index is 11.0. The van der Waals surface area contributed by atoms with Gasteiger partial charge in [-0.15, -0.1) is 0 Å². The molecule has 1 aromatic heterocycles. The zero-order valence-corrected chi connectivity index (χ0v) is 18.0. The van der Waals surface area contributed by atoms with Crippen molar-refractivity contribution in [3.8, 4) is 17.1 Å². The molecule has 162 valence electrons. The standard InChI is InChI=1S/C27H25NO4/c1-31-25-13-20(15-28-16-22(17-28)27(29)30)7-9-23(25)26-14-21-12-19(8-10-24(21)32-26)11-18-5-3-2-4-6-18/h2-10,12-14,22H,11,15-17H2,1H3,(H,29,30). The molecule has 0 bridgehead atoms. The van der Waals surface area contributed by atoms with Crippen LogP contribution in [0.4, 0.5) is 0 Å². The van der Waals surface area contributed by atoms with Gasteiger partial charge in [0.05, 0.1) is 18.6 Å². The van der Waals surface area contributed by atoms with E-state index in [0.717, 1.165) is 40.0 Å². The van der Waals surface area contributed by atoms with E-state index in [-0.39, 0.29) is 5.92 Å². The lowest BCUT2D eigenvalue weighted by molar-refractivity contribution is -0.147. The van der Waals surface area contributed by atoms with Crippen LogP contribution < -0.4 is 4.74 Å². The van der Waals surface area contributed by atoms with E-state index in [4.69, 9.17) is 14.3 Å². The summed E-state index contributed by atoms with van der Waals surface area (Å²) >= 11 is 0. The van der Waals surface area contributed by atoms with Crippen molar-refractivity contribution in [1.82, 2.24) is 4.90 Å². The van der Waals surface area contributed by atoms with Gasteiger partial charge in [0.1, 0.15) is 17.1 Å². The minimum atomic E-state index is -0.717. The lowest BCUT2D eigenvalue weighted by Crippen LogP contribution is -2.49. The first-order valence-corrected chi connectivity index (χ1v) is 10.8. The van der Waals surface area contributed by atoms with E-state index in [2.05, 4.69) is 53.4 Å². The number of rotatable bonds is 7. The van der Waals surface area contributed by atoms with Crippen molar-refractivity contribution in [1.29, 1.82) is 0 Å². The Morgan fingerprint density at radius 3 is 2.53 bits per heavy atom. The van der Waals surface area contributed by atoms with Gasteiger partial charge in [-0.1, -0.05) is 42.5 Å². The fourth-order valence-corrected chi connectivity index (χ4v) is 4.32. The molecule has 1 aliphatic rings. The number of hydrogen-bond donors (Lipinski definition) is 1. The molecule has 1 N–H and O–H groups in total. The number of furan rings is 1. The smallest absolute Gasteiger partial charge is 0.309 e. The van der Waals surface area contributed by atoms with E-state index in [1.165, 1.54) is 11.1 Å². The van der Waals surface area contributed by atoms with Crippen molar-refractivity contribution in [3.05, 3.63) is 89.5 Å². The summed E-state index contributed by atoms with van der Waals surface area (Å²) in [4.78, 5) is 13.1. The Morgan fingerprint density at radius 1 is 1.00 bits per heavy atom. The largest absolute Gasteiger partial charge is 0.496 e. The minimum Gasteiger partial charge on any atom is -0.496 e. The van der Waals surface area contributed by atoms with Crippen LogP contribution in [0, 0.1) is 5.92 Å². The number of ether oxygens (including phenoxy) is 1. The Kier molecular flexibility index (Phi) is 5.41. The molecule has 0 radical (unpaired) electrons. The fraction of sp³-hybridized carbons (Fsp3) is 0.222. The zero-order chi connectivity index (χ0) is 22.1. The van der Waals surface area contributed by atoms with Crippen LogP contribution in [0.2, 0.25) is 0 Å². The van der Waals surface area contributed by atoms with Crippen LogP contribution in [0.5, 0.6) is 5.75 Å². The van der Waals surface area contributed by atoms with Gasteiger partial charge in [0.2, 0.25) is 0 Å². The molecular formula is C27H25NO4. The van der Waals surface area contributed by atoms with Crippen LogP contribution in [-0.2, 0) is 17.8 Å². The SMILES string of the molecule is COc1cc(CN2CC(C(=O)O)C2)ccc1-c1cc2cc(Cc3ccccc3)ccc2o1. The lowest BCUT2D eigenvalue weighted by atomic mass is 9.99. The molecule has 1 fully saturated rings. The van der Waals surface area contributed by atoms with E-state index in [9.17, 15) is 4.79 Å². The highest BCUT2D eigenvalue weighted by Crippen LogP contribution is 2.36. The van der Waals surface area contributed by atoms with Crippen LogP contribution >= 0.6 is 0 Å². The molecule has 0 amide bonds. The minimum absolute atomic E-state index is 0.251. The lowest BCUT2D eigenvalue weighted by Gasteiger charge is -2.36. The molecule has 4 aromatic rings. The molecule has 1 aliphatic heterocycles. The monoisotopic (exact) mass is 427 g/mol. The highest BCUT2D eigenvalue weighted by molar-refractivity contribution is 5.84. The van der Waals surface area contributed by atoms with Crippen LogP contribution in [0.1, 0.15) is 16.7 Å². The number of carboxylic acid groups (broad SMARTS) is 1. The zero-order valence-electron chi connectivity index (χ0n) is 18.0. The molecule has 32 heavy (non-hydrogen) atoms. The molecule has 1 saturated heterocycles. The normalized spacial score (nSPS) is 14.4. The van der Waals surface area contributed by atoms with Gasteiger partial charge in [0.15, 0.2) is 0 Å². The van der Waals surface area contributed by atoms with Gasteiger partial charge in [-0.05, 0) is 53.4 Å². The van der Waals surface area contributed by atoms with Crippen LogP contribution in [0.25, 0.3) is 22.3 Å². The van der Waals surface area contributed by atoms with Crippen molar-refractivity contribution >= 4 is 16.9 Å². The highest BCUT2D eigenvalue weighted by atomic mass is 16.5. The first-order valence-electron chi connectivity index (χ1n) is 10.8. The first-order chi connectivity index (χ1) is 15.6. The molecule has 3 aromatic carbocycles. The average molecular weight is 428 g/mol. The van der Waals surface area contributed by atoms with Gasteiger partial charge < -0.3 is 14.3 Å². The molecule has 0 saturated carbocycles. The summed E-state index contributed by atoms with van der Waals surface area (Å²) in [6.07, 6.45) is 0.883. The third kappa shape index (κ3) is 4.12. The Labute approximate surface area is 186 Å². The van der Waals surface area contributed by atoms with Crippen LogP contribution in [0.15, 0.2) is 77.2 Å². The topological polar surface area (TPSA) is 62.9 Å². The highest BCUT2D eigenvalue weighted by Gasteiger charge is 2.32. The van der Waals surface area contributed by atoms with Crippen LogP contribution in [-0.4, -0.2) is 36.2 Å². The Balaban J connectivity index is 1.36. The number of hydrogen-bond acceptors (Lipinski definition) is 4. The summed E-state index contributed by atoms with van der Waals surface area (Å²) in [5.74, 6) is 0.556. The predicted molar refractivity (Wildman–Crippen MR) is 124 cm³/mol. The van der Waals surface area contributed by atoms with Crippen molar-refractivity contribution in [2.24, 2.45) is 5.92 Å². The second kappa shape index (κ2) is 8.52. The first kappa shape index (κ1) is 20.3. The summed E-state index contributed by atoms with van der Waals surface area (Å²) in [7, 11) is 1.66. The Morgan fingerprint density at radius 2 is 1.78 bits per heavy atom. The number of methoxy groups -OCH3 is 1. The van der Waals surface area contributed by atoms with Crippen molar-refractivity contribution in [2.45, 2.75) is 13.0 Å². The van der Waals surface area contributed by atoms with Gasteiger partial charge in [0.25, 0.3) is 0 Å². The van der Waals surface area contributed by atoms with E-state index < -0.39 is 5.97 Å². The summed E-state index contributed by atoms with van der Waals surface area (Å²) in [5.41, 5.74) is 5.38. The van der Waals surface area contributed by atoms with E-state index in [1.54, 1.807) is 7.11 Å². The Hall–Kier alpha value is -3.57. The maximum Gasteiger partial charge on any atom is 0.309 e. The van der Waals surface area contributed by atoms with Gasteiger partial charge in [0, 0.05) is 25.0 Å². The second-order valence-corrected chi connectivity index (χ2v) is 8.41. The van der Waals surface area contributed by atoms with Crippen LogP contribution in [0.3, 0.4) is 0 Å². The molecule has 2 heterocycles. The quantitative estimate of drug-likeness (QED) is 0.438. The molecule has 5 rings (SSSR count). The maximum absolute atomic E-state index is 11.0. The number of carboxylic acids is 1. The third-order valence-electron chi connectivity index (χ3n) is 6.08. The molecule has 0 aliphatic carbocycles. The van der Waals surface area contributed by atoms with Gasteiger partial charge >= 0.3 is 5.97 Å². The van der Waals surface area contributed by atoms with Crippen molar-refractivity contribution in [3.63, 3.8) is 0 Å². The summed E-state index contributed by atoms with van der Waals surface area (Å²) in [6, 6.07) is 24.9. The number of fused-ring (bicyclic) bond motifs is 1. The number of nitrogens with zero attached hydrogens (tertiary/aromatic N) is 1. The summed E-state index contributed by atoms with van der Waals surface area (Å²) < 4.78 is 11.8. The molecule has 0 atom stereocenters. The number of carbonyl (C=O) groups is 1. The number of aliphatic carboxylic acids is 1. The predicted octanol–water partition coefficient (Wildman–Crippen LogP) is 5.22. The Bertz CT molecular complexity index is 1260. The van der Waals surface area contributed by atoms with Gasteiger partial charge in [-0.2, -0.15) is 0 Å². The summed E-state index contributed by atoms with van der Waals surface area (Å²) in [5, 5.41) is 10.1. The van der Waals surface area contributed by atoms with E-state index in [0.29, 0.717) is 19.6 Å². The summed E-state index contributed by atoms with van der Waals surface area (Å²) in [6.45, 7) is 1.89. The van der Waals surface area contributed by atoms with Gasteiger partial charge in [-0.3, -0.25) is 9.69 Å². The van der Waals surface area contributed by atoms with Crippen molar-refractivity contribution in [2.75, 3.05) is 20.2 Å². The fourth-order valence-electron chi connectivity index (χ4n) is 4.32. The number of likely N-dealkylation sites (tertiary alicyclic amines) is 1. The molecule has 0 spiro atoms. The third-order valence-corrected chi connectivity index (χ3v) is 6.08. The van der Waals surface area contributed by atoms with Crippen molar-refractivity contribution < 1.29 is 19.1 Å². The van der Waals surface area contributed by atoms with Gasteiger partial charge in [-0.25, -0.2) is 0 Å². The molecule has 5 nitrogen and oxygen atoms in total. The molecule has 0 unspecified atom stereocenters. The second-order valence-electron chi connectivity index (χ2n) is 8.41. The molecule has 5 heteroatoms. The van der Waals surface area contributed by atoms with E-state index in [1.807, 2.05) is 24.3 Å². The average Bonchev–Trinajstić information content (AvgIpc) is 3.19. The van der Waals surface area contributed by atoms with E-state index >= 15 is 0 Å². The number of benzene rings is 3.